The summed E-state index contributed by atoms with van der Waals surface area (Å²) in [5, 5.41) is 23.5. The van der Waals surface area contributed by atoms with Gasteiger partial charge in [-0.3, -0.25) is 4.90 Å². The van der Waals surface area contributed by atoms with E-state index in [0.29, 0.717) is 18.8 Å². The van der Waals surface area contributed by atoms with Gasteiger partial charge in [0, 0.05) is 18.7 Å². The summed E-state index contributed by atoms with van der Waals surface area (Å²) in [6.45, 7) is 14.2. The summed E-state index contributed by atoms with van der Waals surface area (Å²) < 4.78 is 0. The van der Waals surface area contributed by atoms with Crippen molar-refractivity contribution in [3.05, 3.63) is 137 Å². The fourth-order valence-electron chi connectivity index (χ4n) is 5.18. The number of hydrogen-bond acceptors (Lipinski definition) is 3. The third-order valence-electron chi connectivity index (χ3n) is 7.44. The van der Waals surface area contributed by atoms with Gasteiger partial charge in [-0.1, -0.05) is 145 Å². The van der Waals surface area contributed by atoms with Crippen molar-refractivity contribution >= 4 is 0 Å². The fraction of sp³-hybridized carbons (Fsp3) is 0.333. The molecule has 0 saturated carbocycles. The largest absolute Gasteiger partial charge is 0.507 e. The van der Waals surface area contributed by atoms with E-state index in [1.54, 1.807) is 0 Å². The molecular formula is C36H43NO2. The molecule has 0 spiro atoms. The third-order valence-corrected chi connectivity index (χ3v) is 7.44. The van der Waals surface area contributed by atoms with Crippen LogP contribution in [0.25, 0.3) is 0 Å². The minimum atomic E-state index is -0.757. The SMILES string of the molecule is CC(C)(C)c1cc(CN(Cc2ccccc2)[C@@H](c2ccccc2)[C@H](O)c2ccccc2)c(O)c(C(C)(C)C)c1. The van der Waals surface area contributed by atoms with Gasteiger partial charge in [-0.2, -0.15) is 0 Å². The molecule has 4 aromatic rings. The van der Waals surface area contributed by atoms with Crippen LogP contribution in [0, 0.1) is 0 Å². The molecule has 0 saturated heterocycles. The number of benzene rings is 4. The van der Waals surface area contributed by atoms with Crippen molar-refractivity contribution < 1.29 is 10.2 Å². The Labute approximate surface area is 234 Å². The molecule has 3 nitrogen and oxygen atoms in total. The summed E-state index contributed by atoms with van der Waals surface area (Å²) in [6.07, 6.45) is -0.757. The van der Waals surface area contributed by atoms with Crippen LogP contribution in [0.15, 0.2) is 103 Å². The van der Waals surface area contributed by atoms with E-state index in [9.17, 15) is 10.2 Å². The zero-order chi connectivity index (χ0) is 28.2. The maximum absolute atomic E-state index is 11.9. The van der Waals surface area contributed by atoms with E-state index in [1.165, 1.54) is 5.56 Å². The lowest BCUT2D eigenvalue weighted by Crippen LogP contribution is -2.33. The number of hydrogen-bond donors (Lipinski definition) is 2. The maximum Gasteiger partial charge on any atom is 0.123 e. The molecular weight excluding hydrogens is 478 g/mol. The minimum absolute atomic E-state index is 0.0743. The predicted octanol–water partition coefficient (Wildman–Crippen LogP) is 8.46. The number of aliphatic hydroxyl groups excluding tert-OH is 1. The quantitative estimate of drug-likeness (QED) is 0.244. The Kier molecular flexibility index (Phi) is 8.64. The molecule has 0 amide bonds. The molecule has 0 radical (unpaired) electrons. The van der Waals surface area contributed by atoms with E-state index < -0.39 is 6.10 Å². The monoisotopic (exact) mass is 521 g/mol. The molecule has 0 heterocycles. The van der Waals surface area contributed by atoms with Crippen LogP contribution in [-0.2, 0) is 23.9 Å². The third kappa shape index (κ3) is 6.98. The van der Waals surface area contributed by atoms with Crippen molar-refractivity contribution in [3.8, 4) is 5.75 Å². The molecule has 0 fully saturated rings. The highest BCUT2D eigenvalue weighted by molar-refractivity contribution is 5.49. The van der Waals surface area contributed by atoms with Gasteiger partial charge in [-0.25, -0.2) is 0 Å². The fourth-order valence-corrected chi connectivity index (χ4v) is 5.18. The van der Waals surface area contributed by atoms with Gasteiger partial charge < -0.3 is 10.2 Å². The molecule has 39 heavy (non-hydrogen) atoms. The summed E-state index contributed by atoms with van der Waals surface area (Å²) in [7, 11) is 0. The lowest BCUT2D eigenvalue weighted by atomic mass is 9.78. The van der Waals surface area contributed by atoms with Crippen molar-refractivity contribution in [1.29, 1.82) is 0 Å². The molecule has 4 aromatic carbocycles. The van der Waals surface area contributed by atoms with Gasteiger partial charge >= 0.3 is 0 Å². The number of phenolic OH excluding ortho intramolecular Hbond substituents is 1. The van der Waals surface area contributed by atoms with E-state index in [-0.39, 0.29) is 16.9 Å². The topological polar surface area (TPSA) is 43.7 Å². The number of aromatic hydroxyl groups is 1. The van der Waals surface area contributed by atoms with E-state index in [4.69, 9.17) is 0 Å². The van der Waals surface area contributed by atoms with Crippen LogP contribution in [0.1, 0.15) is 87.1 Å². The molecule has 0 aliphatic rings. The van der Waals surface area contributed by atoms with Crippen LogP contribution < -0.4 is 0 Å². The van der Waals surface area contributed by atoms with Crippen LogP contribution in [0.2, 0.25) is 0 Å². The Hall–Kier alpha value is -3.40. The number of rotatable bonds is 8. The minimum Gasteiger partial charge on any atom is -0.507 e. The lowest BCUT2D eigenvalue weighted by Gasteiger charge is -2.37. The van der Waals surface area contributed by atoms with E-state index >= 15 is 0 Å². The summed E-state index contributed by atoms with van der Waals surface area (Å²) in [5.74, 6) is 0.342. The normalized spacial score (nSPS) is 13.8. The van der Waals surface area contributed by atoms with Gasteiger partial charge in [0.2, 0.25) is 0 Å². The van der Waals surface area contributed by atoms with Crippen LogP contribution >= 0.6 is 0 Å². The number of aliphatic hydroxyl groups is 1. The maximum atomic E-state index is 11.9. The molecule has 0 bridgehead atoms. The molecule has 0 aliphatic carbocycles. The van der Waals surface area contributed by atoms with E-state index in [2.05, 4.69) is 82.8 Å². The number of phenols is 1. The highest BCUT2D eigenvalue weighted by Gasteiger charge is 2.31. The predicted molar refractivity (Wildman–Crippen MR) is 162 cm³/mol. The van der Waals surface area contributed by atoms with Gasteiger partial charge in [0.15, 0.2) is 0 Å². The molecule has 4 rings (SSSR count). The Bertz CT molecular complexity index is 1340. The zero-order valence-electron chi connectivity index (χ0n) is 24.2. The summed E-state index contributed by atoms with van der Waals surface area (Å²) in [4.78, 5) is 2.30. The van der Waals surface area contributed by atoms with E-state index in [0.717, 1.165) is 27.8 Å². The first kappa shape index (κ1) is 28.6. The van der Waals surface area contributed by atoms with Gasteiger partial charge in [0.1, 0.15) is 5.75 Å². The van der Waals surface area contributed by atoms with E-state index in [1.807, 2.05) is 66.7 Å². The Morgan fingerprint density at radius 3 is 1.67 bits per heavy atom. The molecule has 204 valence electrons. The second-order valence-electron chi connectivity index (χ2n) is 12.6. The second-order valence-corrected chi connectivity index (χ2v) is 12.6. The second kappa shape index (κ2) is 11.8. The van der Waals surface area contributed by atoms with Gasteiger partial charge in [0.25, 0.3) is 0 Å². The Morgan fingerprint density at radius 1 is 0.641 bits per heavy atom. The standard InChI is InChI=1S/C36H43NO2/c1-35(2,3)30-22-29(33(38)31(23-30)36(4,5)6)25-37(24-26-16-10-7-11-17-26)32(27-18-12-8-13-19-27)34(39)28-20-14-9-15-21-28/h7-23,32,34,38-39H,24-25H2,1-6H3/t32-,34+/m0/s1. The summed E-state index contributed by atoms with van der Waals surface area (Å²) in [5.41, 5.74) is 5.79. The zero-order valence-corrected chi connectivity index (χ0v) is 24.2. The van der Waals surface area contributed by atoms with Crippen LogP contribution in [0.3, 0.4) is 0 Å². The average Bonchev–Trinajstić information content (AvgIpc) is 2.90. The van der Waals surface area contributed by atoms with Crippen molar-refractivity contribution in [2.75, 3.05) is 0 Å². The van der Waals surface area contributed by atoms with Gasteiger partial charge in [-0.15, -0.1) is 0 Å². The summed E-state index contributed by atoms with van der Waals surface area (Å²) >= 11 is 0. The van der Waals surface area contributed by atoms with Crippen LogP contribution in [0.4, 0.5) is 0 Å². The molecule has 2 N–H and O–H groups in total. The Balaban J connectivity index is 1.88. The van der Waals surface area contributed by atoms with Crippen molar-refractivity contribution in [1.82, 2.24) is 4.90 Å². The van der Waals surface area contributed by atoms with Crippen molar-refractivity contribution in [3.63, 3.8) is 0 Å². The highest BCUT2D eigenvalue weighted by Crippen LogP contribution is 2.41. The van der Waals surface area contributed by atoms with Gasteiger partial charge in [0.05, 0.1) is 12.1 Å². The molecule has 3 heteroatoms. The first-order valence-corrected chi connectivity index (χ1v) is 13.9. The van der Waals surface area contributed by atoms with Crippen molar-refractivity contribution in [2.24, 2.45) is 0 Å². The van der Waals surface area contributed by atoms with Crippen molar-refractivity contribution in [2.45, 2.75) is 77.6 Å². The first-order chi connectivity index (χ1) is 18.4. The average molecular weight is 522 g/mol. The Morgan fingerprint density at radius 2 is 1.15 bits per heavy atom. The molecule has 0 aromatic heterocycles. The summed E-state index contributed by atoms with van der Waals surface area (Å²) in [6, 6.07) is 34.4. The lowest BCUT2D eigenvalue weighted by molar-refractivity contribution is 0.0367. The molecule has 2 atom stereocenters. The first-order valence-electron chi connectivity index (χ1n) is 13.9. The van der Waals surface area contributed by atoms with Crippen LogP contribution in [-0.4, -0.2) is 15.1 Å². The highest BCUT2D eigenvalue weighted by atomic mass is 16.3. The number of nitrogens with zero attached hydrogens (tertiary/aromatic N) is 1. The van der Waals surface area contributed by atoms with Gasteiger partial charge in [-0.05, 0) is 38.6 Å². The van der Waals surface area contributed by atoms with Crippen LogP contribution in [0.5, 0.6) is 5.75 Å². The molecule has 0 aliphatic heterocycles. The smallest absolute Gasteiger partial charge is 0.123 e. The molecule has 0 unspecified atom stereocenters.